The van der Waals surface area contributed by atoms with E-state index in [1.807, 2.05) is 11.8 Å². The van der Waals surface area contributed by atoms with E-state index >= 15 is 0 Å². The highest BCUT2D eigenvalue weighted by Crippen LogP contribution is 2.20. The third-order valence-corrected chi connectivity index (χ3v) is 5.81. The van der Waals surface area contributed by atoms with Crippen molar-refractivity contribution in [3.8, 4) is 0 Å². The molecular weight excluding hydrogens is 481 g/mol. The molecule has 3 rings (SSSR count). The molecule has 0 saturated carbocycles. The molecule has 1 aromatic heterocycles. The second-order valence-corrected chi connectivity index (χ2v) is 8.13. The van der Waals surface area contributed by atoms with Gasteiger partial charge in [0.15, 0.2) is 5.96 Å². The Bertz CT molecular complexity index is 738. The lowest BCUT2D eigenvalue weighted by molar-refractivity contribution is 0.462. The summed E-state index contributed by atoms with van der Waals surface area (Å²) in [5, 5.41) is 3.40. The number of aliphatic imine (C=N–C) groups is 1. The van der Waals surface area contributed by atoms with Crippen LogP contribution in [0.4, 0.5) is 5.69 Å². The number of nitrogens with one attached hydrogen (secondary N) is 1. The summed E-state index contributed by atoms with van der Waals surface area (Å²) in [5.41, 5.74) is 3.84. The second kappa shape index (κ2) is 11.6. The largest absolute Gasteiger partial charge is 0.370 e. The van der Waals surface area contributed by atoms with Crippen LogP contribution in [-0.4, -0.2) is 53.6 Å². The fraction of sp³-hybridized carbons (Fsp3) is 0.476. The van der Waals surface area contributed by atoms with E-state index < -0.39 is 0 Å². The minimum atomic E-state index is 0. The van der Waals surface area contributed by atoms with Crippen molar-refractivity contribution in [1.29, 1.82) is 0 Å². The topological polar surface area (TPSA) is 35.8 Å². The van der Waals surface area contributed by atoms with Gasteiger partial charge in [0.05, 0.1) is 13.1 Å². The molecule has 2 aromatic rings. The van der Waals surface area contributed by atoms with Crippen LogP contribution in [0.5, 0.6) is 0 Å². The maximum absolute atomic E-state index is 4.84. The summed E-state index contributed by atoms with van der Waals surface area (Å²) in [6.07, 6.45) is 2.08. The number of aromatic nitrogens is 1. The van der Waals surface area contributed by atoms with Crippen LogP contribution in [0.3, 0.4) is 0 Å². The van der Waals surface area contributed by atoms with Gasteiger partial charge in [0, 0.05) is 62.8 Å². The number of nitrogens with zero attached hydrogens (tertiary/aromatic N) is 4. The van der Waals surface area contributed by atoms with Gasteiger partial charge in [0.2, 0.25) is 0 Å². The van der Waals surface area contributed by atoms with Crippen LogP contribution in [-0.2, 0) is 20.1 Å². The lowest BCUT2D eigenvalue weighted by atomic mass is 10.2. The van der Waals surface area contributed by atoms with E-state index in [0.29, 0.717) is 6.54 Å². The first-order valence-corrected chi connectivity index (χ1v) is 10.8. The van der Waals surface area contributed by atoms with Crippen molar-refractivity contribution in [2.45, 2.75) is 20.0 Å². The number of hydrogen-bond donors (Lipinski definition) is 1. The molecule has 0 spiro atoms. The first kappa shape index (κ1) is 22.9. The molecule has 0 bridgehead atoms. The molecule has 0 amide bonds. The molecule has 154 valence electrons. The van der Waals surface area contributed by atoms with Gasteiger partial charge in [-0.25, -0.2) is 4.99 Å². The van der Waals surface area contributed by atoms with Crippen molar-refractivity contribution in [3.63, 3.8) is 0 Å². The van der Waals surface area contributed by atoms with Crippen LogP contribution in [0.1, 0.15) is 18.2 Å². The van der Waals surface area contributed by atoms with E-state index in [1.165, 1.54) is 28.5 Å². The number of aryl methyl sites for hydroxylation is 1. The quantitative estimate of drug-likeness (QED) is 0.362. The van der Waals surface area contributed by atoms with E-state index in [9.17, 15) is 0 Å². The van der Waals surface area contributed by atoms with E-state index in [0.717, 1.165) is 32.1 Å². The van der Waals surface area contributed by atoms with Gasteiger partial charge >= 0.3 is 0 Å². The van der Waals surface area contributed by atoms with Crippen molar-refractivity contribution in [2.75, 3.05) is 43.1 Å². The third kappa shape index (κ3) is 6.34. The molecule has 1 aromatic carbocycles. The van der Waals surface area contributed by atoms with Gasteiger partial charge in [0.25, 0.3) is 0 Å². The van der Waals surface area contributed by atoms with Crippen LogP contribution in [0.25, 0.3) is 0 Å². The standard InChI is InChI=1S/C21H31N5S.HI/c1-4-22-21(25(3)17-20-6-5-11-24(20)2)23-16-18-7-9-19(10-8-18)26-12-14-27-15-13-26;/h5-11H,4,12-17H2,1-3H3,(H,22,23);1H. The fourth-order valence-corrected chi connectivity index (χ4v) is 4.15. The van der Waals surface area contributed by atoms with Crippen LogP contribution >= 0.6 is 35.7 Å². The number of anilines is 1. The van der Waals surface area contributed by atoms with Crippen molar-refractivity contribution >= 4 is 47.4 Å². The second-order valence-electron chi connectivity index (χ2n) is 6.90. The average molecular weight is 513 g/mol. The van der Waals surface area contributed by atoms with Gasteiger partial charge in [0.1, 0.15) is 0 Å². The molecule has 28 heavy (non-hydrogen) atoms. The first-order valence-electron chi connectivity index (χ1n) is 9.68. The molecule has 1 fully saturated rings. The van der Waals surface area contributed by atoms with E-state index in [2.05, 4.69) is 83.3 Å². The number of benzene rings is 1. The van der Waals surface area contributed by atoms with Crippen LogP contribution in [0.15, 0.2) is 47.6 Å². The molecule has 0 unspecified atom stereocenters. The summed E-state index contributed by atoms with van der Waals surface area (Å²) in [4.78, 5) is 9.49. The Morgan fingerprint density at radius 3 is 2.50 bits per heavy atom. The van der Waals surface area contributed by atoms with Gasteiger partial charge in [-0.05, 0) is 36.8 Å². The number of guanidine groups is 1. The summed E-state index contributed by atoms with van der Waals surface area (Å²) in [7, 11) is 4.17. The van der Waals surface area contributed by atoms with Gasteiger partial charge in [-0.2, -0.15) is 11.8 Å². The molecule has 1 N–H and O–H groups in total. The summed E-state index contributed by atoms with van der Waals surface area (Å²) in [5.74, 6) is 3.40. The Hall–Kier alpha value is -1.35. The van der Waals surface area contributed by atoms with Crippen molar-refractivity contribution in [3.05, 3.63) is 53.9 Å². The maximum Gasteiger partial charge on any atom is 0.194 e. The average Bonchev–Trinajstić information content (AvgIpc) is 3.10. The molecule has 2 heterocycles. The molecule has 0 atom stereocenters. The van der Waals surface area contributed by atoms with Gasteiger partial charge in [-0.15, -0.1) is 24.0 Å². The first-order chi connectivity index (χ1) is 13.2. The zero-order valence-electron chi connectivity index (χ0n) is 17.1. The molecule has 5 nitrogen and oxygen atoms in total. The van der Waals surface area contributed by atoms with Gasteiger partial charge < -0.3 is 19.7 Å². The van der Waals surface area contributed by atoms with Gasteiger partial charge in [-0.3, -0.25) is 0 Å². The number of rotatable bonds is 6. The van der Waals surface area contributed by atoms with E-state index in [1.54, 1.807) is 0 Å². The lowest BCUT2D eigenvalue weighted by Gasteiger charge is -2.28. The molecule has 1 aliphatic heterocycles. The highest BCUT2D eigenvalue weighted by atomic mass is 127. The molecule has 0 aliphatic carbocycles. The minimum Gasteiger partial charge on any atom is -0.370 e. The SMILES string of the molecule is CCNC(=NCc1ccc(N2CCSCC2)cc1)N(C)Cc1cccn1C.I. The Labute approximate surface area is 190 Å². The monoisotopic (exact) mass is 513 g/mol. The normalized spacial score (nSPS) is 14.5. The molecule has 7 heteroatoms. The minimum absolute atomic E-state index is 0. The Kier molecular flexibility index (Phi) is 9.50. The summed E-state index contributed by atoms with van der Waals surface area (Å²) < 4.78 is 2.15. The van der Waals surface area contributed by atoms with Crippen LogP contribution in [0, 0.1) is 0 Å². The molecule has 0 radical (unpaired) electrons. The third-order valence-electron chi connectivity index (χ3n) is 4.87. The molecular formula is C21H32IN5S. The van der Waals surface area contributed by atoms with E-state index in [-0.39, 0.29) is 24.0 Å². The van der Waals surface area contributed by atoms with Crippen LogP contribution in [0.2, 0.25) is 0 Å². The molecule has 1 aliphatic rings. The summed E-state index contributed by atoms with van der Waals surface area (Å²) >= 11 is 2.04. The Morgan fingerprint density at radius 1 is 1.18 bits per heavy atom. The van der Waals surface area contributed by atoms with Crippen LogP contribution < -0.4 is 10.2 Å². The predicted octanol–water partition coefficient (Wildman–Crippen LogP) is 3.79. The Morgan fingerprint density at radius 2 is 1.89 bits per heavy atom. The number of thioether (sulfide) groups is 1. The summed E-state index contributed by atoms with van der Waals surface area (Å²) in [6, 6.07) is 13.1. The maximum atomic E-state index is 4.84. The highest BCUT2D eigenvalue weighted by Gasteiger charge is 2.11. The Balaban J connectivity index is 0.00000280. The van der Waals surface area contributed by atoms with E-state index in [4.69, 9.17) is 4.99 Å². The lowest BCUT2D eigenvalue weighted by Crippen LogP contribution is -2.38. The number of halogens is 1. The zero-order valence-corrected chi connectivity index (χ0v) is 20.2. The van der Waals surface area contributed by atoms with Crippen molar-refractivity contribution in [2.24, 2.45) is 12.0 Å². The predicted molar refractivity (Wildman–Crippen MR) is 133 cm³/mol. The highest BCUT2D eigenvalue weighted by molar-refractivity contribution is 14.0. The van der Waals surface area contributed by atoms with Gasteiger partial charge in [-0.1, -0.05) is 12.1 Å². The summed E-state index contributed by atoms with van der Waals surface area (Å²) in [6.45, 7) is 6.80. The molecule has 1 saturated heterocycles. The van der Waals surface area contributed by atoms with Crippen molar-refractivity contribution in [1.82, 2.24) is 14.8 Å². The smallest absolute Gasteiger partial charge is 0.194 e. The number of hydrogen-bond acceptors (Lipinski definition) is 3. The van der Waals surface area contributed by atoms with Crippen molar-refractivity contribution < 1.29 is 0 Å². The fourth-order valence-electron chi connectivity index (χ4n) is 3.25. The zero-order chi connectivity index (χ0) is 19.1.